The third-order valence-corrected chi connectivity index (χ3v) is 2.03. The molecular formula is C9H12N2. The molecule has 1 aliphatic rings. The van der Waals surface area contributed by atoms with E-state index in [1.165, 1.54) is 11.1 Å². The molecule has 2 nitrogen and oxygen atoms in total. The van der Waals surface area contributed by atoms with Crippen LogP contribution < -0.4 is 5.32 Å². The Labute approximate surface area is 66.3 Å². The molecule has 0 aliphatic carbocycles. The first-order valence-corrected chi connectivity index (χ1v) is 4.00. The third-order valence-electron chi connectivity index (χ3n) is 2.03. The van der Waals surface area contributed by atoms with E-state index in [0.717, 1.165) is 19.5 Å². The fourth-order valence-electron chi connectivity index (χ4n) is 1.41. The highest BCUT2D eigenvalue weighted by Crippen LogP contribution is 2.18. The van der Waals surface area contributed by atoms with Crippen molar-refractivity contribution in [3.8, 4) is 0 Å². The van der Waals surface area contributed by atoms with E-state index in [1.54, 1.807) is 0 Å². The van der Waals surface area contributed by atoms with Gasteiger partial charge in [-0.15, -0.1) is 0 Å². The maximum atomic E-state index is 3.29. The van der Waals surface area contributed by atoms with Crippen LogP contribution in [-0.4, -0.2) is 18.1 Å². The van der Waals surface area contributed by atoms with Crippen LogP contribution in [0.15, 0.2) is 24.5 Å². The summed E-state index contributed by atoms with van der Waals surface area (Å²) in [5, 5.41) is 3.29. The summed E-state index contributed by atoms with van der Waals surface area (Å²) in [6, 6.07) is 2.12. The van der Waals surface area contributed by atoms with E-state index < -0.39 is 0 Å². The molecule has 58 valence electrons. The van der Waals surface area contributed by atoms with Crippen molar-refractivity contribution in [1.29, 1.82) is 0 Å². The Kier molecular flexibility index (Phi) is 1.78. The van der Waals surface area contributed by atoms with Gasteiger partial charge in [0, 0.05) is 18.9 Å². The van der Waals surface area contributed by atoms with Crippen LogP contribution in [0, 0.1) is 0 Å². The maximum Gasteiger partial charge on any atom is 0.0140 e. The molecule has 2 heteroatoms. The van der Waals surface area contributed by atoms with Crippen LogP contribution in [0.25, 0.3) is 5.57 Å². The molecule has 0 saturated carbocycles. The Morgan fingerprint density at radius 1 is 1.36 bits per heavy atom. The number of aromatic amines is 1. The molecule has 0 aromatic carbocycles. The predicted molar refractivity (Wildman–Crippen MR) is 46.3 cm³/mol. The summed E-state index contributed by atoms with van der Waals surface area (Å²) in [5.74, 6) is 0. The Bertz CT molecular complexity index is 247. The zero-order valence-corrected chi connectivity index (χ0v) is 6.43. The van der Waals surface area contributed by atoms with Crippen molar-refractivity contribution in [2.75, 3.05) is 13.1 Å². The van der Waals surface area contributed by atoms with Gasteiger partial charge in [-0.1, -0.05) is 6.08 Å². The molecule has 0 amide bonds. The quantitative estimate of drug-likeness (QED) is 0.619. The second-order valence-electron chi connectivity index (χ2n) is 2.78. The summed E-state index contributed by atoms with van der Waals surface area (Å²) < 4.78 is 0. The van der Waals surface area contributed by atoms with Gasteiger partial charge in [-0.3, -0.25) is 0 Å². The molecule has 0 atom stereocenters. The normalized spacial score (nSPS) is 18.0. The molecular weight excluding hydrogens is 136 g/mol. The molecule has 0 spiro atoms. The SMILES string of the molecule is C1=C(c2cc[nH]c2)CCNC1. The minimum atomic E-state index is 1.01. The van der Waals surface area contributed by atoms with Crippen molar-refractivity contribution in [2.24, 2.45) is 0 Å². The molecule has 0 fully saturated rings. The van der Waals surface area contributed by atoms with Gasteiger partial charge >= 0.3 is 0 Å². The Morgan fingerprint density at radius 3 is 3.00 bits per heavy atom. The summed E-state index contributed by atoms with van der Waals surface area (Å²) in [7, 11) is 0. The highest BCUT2D eigenvalue weighted by atomic mass is 14.8. The molecule has 2 rings (SSSR count). The van der Waals surface area contributed by atoms with Crippen LogP contribution in [0.4, 0.5) is 0 Å². The highest BCUT2D eigenvalue weighted by molar-refractivity contribution is 5.65. The lowest BCUT2D eigenvalue weighted by molar-refractivity contribution is 0.739. The molecule has 0 unspecified atom stereocenters. The second kappa shape index (κ2) is 2.93. The molecule has 11 heavy (non-hydrogen) atoms. The molecule has 1 aromatic rings. The summed E-state index contributed by atoms with van der Waals surface area (Å²) >= 11 is 0. The molecule has 2 heterocycles. The first-order chi connectivity index (χ1) is 5.47. The highest BCUT2D eigenvalue weighted by Gasteiger charge is 2.04. The van der Waals surface area contributed by atoms with Crippen molar-refractivity contribution >= 4 is 5.57 Å². The molecule has 0 bridgehead atoms. The summed E-state index contributed by atoms with van der Waals surface area (Å²) in [6.45, 7) is 2.12. The van der Waals surface area contributed by atoms with E-state index in [-0.39, 0.29) is 0 Å². The lowest BCUT2D eigenvalue weighted by Gasteiger charge is -2.12. The standard InChI is InChI=1S/C9H12N2/c1-4-10-5-2-8(1)9-3-6-11-7-9/h1,3,6-7,10-11H,2,4-5H2. The molecule has 1 aliphatic heterocycles. The fourth-order valence-corrected chi connectivity index (χ4v) is 1.41. The number of aromatic nitrogens is 1. The maximum absolute atomic E-state index is 3.29. The minimum Gasteiger partial charge on any atom is -0.367 e. The van der Waals surface area contributed by atoms with Gasteiger partial charge < -0.3 is 10.3 Å². The number of H-pyrrole nitrogens is 1. The summed E-state index contributed by atoms with van der Waals surface area (Å²) in [5.41, 5.74) is 2.80. The Hall–Kier alpha value is -1.02. The Balaban J connectivity index is 2.22. The number of hydrogen-bond acceptors (Lipinski definition) is 1. The van der Waals surface area contributed by atoms with Gasteiger partial charge in [-0.25, -0.2) is 0 Å². The van der Waals surface area contributed by atoms with E-state index >= 15 is 0 Å². The average molecular weight is 148 g/mol. The van der Waals surface area contributed by atoms with Crippen molar-refractivity contribution < 1.29 is 0 Å². The Morgan fingerprint density at radius 2 is 2.36 bits per heavy atom. The van der Waals surface area contributed by atoms with Crippen LogP contribution >= 0.6 is 0 Å². The van der Waals surface area contributed by atoms with Crippen LogP contribution in [0.1, 0.15) is 12.0 Å². The molecule has 0 saturated heterocycles. The van der Waals surface area contributed by atoms with Crippen LogP contribution in [0.3, 0.4) is 0 Å². The molecule has 2 N–H and O–H groups in total. The lowest BCUT2D eigenvalue weighted by Crippen LogP contribution is -2.19. The van der Waals surface area contributed by atoms with E-state index in [4.69, 9.17) is 0 Å². The minimum absolute atomic E-state index is 1.01. The molecule has 1 aromatic heterocycles. The van der Waals surface area contributed by atoms with Gasteiger partial charge in [0.25, 0.3) is 0 Å². The van der Waals surface area contributed by atoms with Crippen molar-refractivity contribution in [3.63, 3.8) is 0 Å². The first kappa shape index (κ1) is 6.68. The molecule has 0 radical (unpaired) electrons. The zero-order valence-electron chi connectivity index (χ0n) is 6.43. The van der Waals surface area contributed by atoms with E-state index in [9.17, 15) is 0 Å². The number of nitrogens with one attached hydrogen (secondary N) is 2. The zero-order chi connectivity index (χ0) is 7.52. The number of hydrogen-bond donors (Lipinski definition) is 2. The average Bonchev–Trinajstić information content (AvgIpc) is 2.58. The van der Waals surface area contributed by atoms with Gasteiger partial charge in [0.1, 0.15) is 0 Å². The van der Waals surface area contributed by atoms with Gasteiger partial charge in [0.2, 0.25) is 0 Å². The lowest BCUT2D eigenvalue weighted by atomic mass is 10.0. The van der Waals surface area contributed by atoms with Crippen LogP contribution in [-0.2, 0) is 0 Å². The summed E-state index contributed by atoms with van der Waals surface area (Å²) in [4.78, 5) is 3.07. The van der Waals surface area contributed by atoms with Gasteiger partial charge in [0.05, 0.1) is 0 Å². The van der Waals surface area contributed by atoms with Crippen molar-refractivity contribution in [2.45, 2.75) is 6.42 Å². The number of rotatable bonds is 1. The van der Waals surface area contributed by atoms with E-state index in [1.807, 2.05) is 6.20 Å². The first-order valence-electron chi connectivity index (χ1n) is 4.00. The fraction of sp³-hybridized carbons (Fsp3) is 0.333. The van der Waals surface area contributed by atoms with Crippen LogP contribution in [0.2, 0.25) is 0 Å². The topological polar surface area (TPSA) is 27.8 Å². The summed E-state index contributed by atoms with van der Waals surface area (Å²) in [6.07, 6.45) is 7.43. The second-order valence-corrected chi connectivity index (χ2v) is 2.78. The monoisotopic (exact) mass is 148 g/mol. The van der Waals surface area contributed by atoms with E-state index in [0.29, 0.717) is 0 Å². The van der Waals surface area contributed by atoms with Crippen molar-refractivity contribution in [3.05, 3.63) is 30.1 Å². The smallest absolute Gasteiger partial charge is 0.0140 e. The largest absolute Gasteiger partial charge is 0.367 e. The van der Waals surface area contributed by atoms with Gasteiger partial charge in [0.15, 0.2) is 0 Å². The predicted octanol–water partition coefficient (Wildman–Crippen LogP) is 1.39. The van der Waals surface area contributed by atoms with Crippen molar-refractivity contribution in [1.82, 2.24) is 10.3 Å². The van der Waals surface area contributed by atoms with E-state index in [2.05, 4.69) is 28.6 Å². The van der Waals surface area contributed by atoms with Crippen LogP contribution in [0.5, 0.6) is 0 Å². The van der Waals surface area contributed by atoms with Gasteiger partial charge in [-0.2, -0.15) is 0 Å². The van der Waals surface area contributed by atoms with Gasteiger partial charge in [-0.05, 0) is 30.2 Å². The third kappa shape index (κ3) is 1.35.